The maximum absolute atomic E-state index is 12.4. The maximum atomic E-state index is 12.4. The number of hydrogen-bond donors (Lipinski definition) is 2. The van der Waals surface area contributed by atoms with E-state index in [4.69, 9.17) is 9.52 Å². The summed E-state index contributed by atoms with van der Waals surface area (Å²) in [5.41, 5.74) is 2.59. The monoisotopic (exact) mass is 362 g/mol. The second-order valence-corrected chi connectivity index (χ2v) is 7.36. The van der Waals surface area contributed by atoms with Crippen LogP contribution in [0.4, 0.5) is 0 Å². The van der Waals surface area contributed by atoms with E-state index in [-0.39, 0.29) is 12.5 Å². The van der Waals surface area contributed by atoms with Crippen LogP contribution in [0, 0.1) is 6.92 Å². The van der Waals surface area contributed by atoms with Crippen molar-refractivity contribution in [3.63, 3.8) is 0 Å². The first-order valence-corrected chi connectivity index (χ1v) is 9.50. The number of furan rings is 1. The maximum Gasteiger partial charge on any atom is 0.287 e. The molecule has 0 aliphatic rings. The fourth-order valence-corrected chi connectivity index (χ4v) is 4.20. The highest BCUT2D eigenvalue weighted by atomic mass is 32.2. The van der Waals surface area contributed by atoms with E-state index in [1.54, 1.807) is 23.1 Å². The highest BCUT2D eigenvalue weighted by molar-refractivity contribution is 8.00. The van der Waals surface area contributed by atoms with Gasteiger partial charge in [-0.05, 0) is 19.4 Å². The van der Waals surface area contributed by atoms with Gasteiger partial charge in [0, 0.05) is 40.9 Å². The average Bonchev–Trinajstić information content (AvgIpc) is 3.16. The lowest BCUT2D eigenvalue weighted by atomic mass is 10.1. The first-order chi connectivity index (χ1) is 11.7. The Morgan fingerprint density at radius 1 is 1.42 bits per heavy atom. The molecule has 0 atom stereocenters. The molecule has 0 unspecified atom stereocenters. The van der Waals surface area contributed by atoms with Gasteiger partial charge in [0.05, 0.1) is 0 Å². The third-order valence-corrected chi connectivity index (χ3v) is 5.63. The van der Waals surface area contributed by atoms with Crippen molar-refractivity contribution >= 4 is 40.0 Å². The highest BCUT2D eigenvalue weighted by Crippen LogP contribution is 2.33. The molecule has 0 aliphatic carbocycles. The van der Waals surface area contributed by atoms with Crippen molar-refractivity contribution in [2.24, 2.45) is 0 Å². The van der Waals surface area contributed by atoms with Crippen molar-refractivity contribution < 1.29 is 14.3 Å². The minimum Gasteiger partial charge on any atom is -0.451 e. The molecule has 1 aromatic carbocycles. The minimum atomic E-state index is -0.245. The number of nitrogens with one attached hydrogen (secondary N) is 1. The van der Waals surface area contributed by atoms with Crippen molar-refractivity contribution in [2.75, 3.05) is 13.2 Å². The van der Waals surface area contributed by atoms with Gasteiger partial charge in [0.1, 0.15) is 9.92 Å². The molecular weight excluding hydrogens is 344 g/mol. The first-order valence-electron chi connectivity index (χ1n) is 7.63. The highest BCUT2D eigenvalue weighted by Gasteiger charge is 2.20. The Labute approximate surface area is 148 Å². The molecule has 126 valence electrons. The predicted octanol–water partition coefficient (Wildman–Crippen LogP) is 3.60. The zero-order valence-corrected chi connectivity index (χ0v) is 14.9. The van der Waals surface area contributed by atoms with E-state index in [1.165, 1.54) is 0 Å². The molecule has 0 spiro atoms. The molecule has 0 fully saturated rings. The fourth-order valence-electron chi connectivity index (χ4n) is 2.32. The summed E-state index contributed by atoms with van der Waals surface area (Å²) in [7, 11) is 0. The molecule has 2 heterocycles. The number of thioether (sulfide) groups is 1. The number of aryl methyl sites for hydroxylation is 1. The summed E-state index contributed by atoms with van der Waals surface area (Å²) in [6.07, 6.45) is 0.522. The number of carbonyl (C=O) groups is 1. The van der Waals surface area contributed by atoms with Crippen LogP contribution in [0.5, 0.6) is 0 Å². The molecule has 7 heteroatoms. The number of benzene rings is 1. The largest absolute Gasteiger partial charge is 0.451 e. The SMILES string of the molecule is Cc1csc(SCc2c(C(=O)NCCCO)oc3ccccc23)n1. The number of carbonyl (C=O) groups excluding carboxylic acids is 1. The third-order valence-electron chi connectivity index (χ3n) is 3.46. The standard InChI is InChI=1S/C17H18N2O3S2/c1-11-9-23-17(19-11)24-10-13-12-5-2-3-6-14(12)22-15(13)16(21)18-7-4-8-20/h2-3,5-6,9,20H,4,7-8,10H2,1H3,(H,18,21). The molecular formula is C17H18N2O3S2. The van der Waals surface area contributed by atoms with Gasteiger partial charge in [0.25, 0.3) is 5.91 Å². The number of hydrogen-bond acceptors (Lipinski definition) is 6. The predicted molar refractivity (Wildman–Crippen MR) is 96.7 cm³/mol. The molecule has 0 bridgehead atoms. The summed E-state index contributed by atoms with van der Waals surface area (Å²) in [5.74, 6) is 0.715. The van der Waals surface area contributed by atoms with Crippen LogP contribution in [0.1, 0.15) is 28.2 Å². The normalized spacial score (nSPS) is 11.1. The summed E-state index contributed by atoms with van der Waals surface area (Å²) in [6.45, 7) is 2.44. The fraction of sp³-hybridized carbons (Fsp3) is 0.294. The number of rotatable bonds is 7. The first kappa shape index (κ1) is 17.0. The molecule has 0 aliphatic heterocycles. The Morgan fingerprint density at radius 3 is 3.00 bits per heavy atom. The van der Waals surface area contributed by atoms with E-state index in [0.717, 1.165) is 21.0 Å². The number of para-hydroxylation sites is 1. The molecule has 24 heavy (non-hydrogen) atoms. The van der Waals surface area contributed by atoms with Crippen LogP contribution in [0.25, 0.3) is 11.0 Å². The number of thiazole rings is 1. The Bertz CT molecular complexity index is 841. The second kappa shape index (κ2) is 7.83. The molecule has 0 saturated heterocycles. The zero-order valence-electron chi connectivity index (χ0n) is 13.2. The topological polar surface area (TPSA) is 75.4 Å². The molecule has 0 radical (unpaired) electrons. The number of fused-ring (bicyclic) bond motifs is 1. The molecule has 0 saturated carbocycles. The van der Waals surface area contributed by atoms with Gasteiger partial charge in [0.2, 0.25) is 0 Å². The van der Waals surface area contributed by atoms with E-state index in [2.05, 4.69) is 10.3 Å². The Morgan fingerprint density at radius 2 is 2.25 bits per heavy atom. The van der Waals surface area contributed by atoms with E-state index in [0.29, 0.717) is 30.1 Å². The summed E-state index contributed by atoms with van der Waals surface area (Å²) >= 11 is 3.20. The van der Waals surface area contributed by atoms with Gasteiger partial charge in [0.15, 0.2) is 5.76 Å². The molecule has 2 aromatic heterocycles. The van der Waals surface area contributed by atoms with E-state index >= 15 is 0 Å². The van der Waals surface area contributed by atoms with Gasteiger partial charge in [-0.25, -0.2) is 4.98 Å². The Hall–Kier alpha value is -1.83. The van der Waals surface area contributed by atoms with E-state index < -0.39 is 0 Å². The summed E-state index contributed by atoms with van der Waals surface area (Å²) < 4.78 is 6.76. The van der Waals surface area contributed by atoms with Crippen LogP contribution in [0.3, 0.4) is 0 Å². The Balaban J connectivity index is 1.85. The van der Waals surface area contributed by atoms with Gasteiger partial charge in [-0.1, -0.05) is 30.0 Å². The quantitative estimate of drug-likeness (QED) is 0.496. The molecule has 3 rings (SSSR count). The van der Waals surface area contributed by atoms with Crippen LogP contribution >= 0.6 is 23.1 Å². The van der Waals surface area contributed by atoms with Crippen LogP contribution < -0.4 is 5.32 Å². The lowest BCUT2D eigenvalue weighted by Gasteiger charge is -2.04. The van der Waals surface area contributed by atoms with Crippen LogP contribution in [0.15, 0.2) is 38.4 Å². The smallest absolute Gasteiger partial charge is 0.287 e. The van der Waals surface area contributed by atoms with Gasteiger partial charge >= 0.3 is 0 Å². The van der Waals surface area contributed by atoms with Gasteiger partial charge in [-0.3, -0.25) is 4.79 Å². The number of nitrogens with zero attached hydrogens (tertiary/aromatic N) is 1. The lowest BCUT2D eigenvalue weighted by Crippen LogP contribution is -2.25. The number of aliphatic hydroxyl groups is 1. The molecule has 3 aromatic rings. The summed E-state index contributed by atoms with van der Waals surface area (Å²) in [4.78, 5) is 16.9. The molecule has 2 N–H and O–H groups in total. The Kier molecular flexibility index (Phi) is 5.55. The number of aromatic nitrogens is 1. The second-order valence-electron chi connectivity index (χ2n) is 5.28. The summed E-state index contributed by atoms with van der Waals surface area (Å²) in [5, 5.41) is 14.6. The molecule has 5 nitrogen and oxygen atoms in total. The van der Waals surface area contributed by atoms with Crippen molar-refractivity contribution in [3.05, 3.63) is 46.7 Å². The van der Waals surface area contributed by atoms with E-state index in [9.17, 15) is 4.79 Å². The van der Waals surface area contributed by atoms with Crippen LogP contribution in [-0.4, -0.2) is 29.1 Å². The average molecular weight is 362 g/mol. The van der Waals surface area contributed by atoms with Crippen LogP contribution in [-0.2, 0) is 5.75 Å². The van der Waals surface area contributed by atoms with Crippen molar-refractivity contribution in [2.45, 2.75) is 23.4 Å². The van der Waals surface area contributed by atoms with Gasteiger partial charge in [-0.15, -0.1) is 11.3 Å². The van der Waals surface area contributed by atoms with Crippen molar-refractivity contribution in [3.8, 4) is 0 Å². The van der Waals surface area contributed by atoms with E-state index in [1.807, 2.05) is 36.6 Å². The lowest BCUT2D eigenvalue weighted by molar-refractivity contribution is 0.0924. The van der Waals surface area contributed by atoms with Crippen molar-refractivity contribution in [1.29, 1.82) is 0 Å². The molecule has 1 amide bonds. The summed E-state index contributed by atoms with van der Waals surface area (Å²) in [6, 6.07) is 7.65. The van der Waals surface area contributed by atoms with Gasteiger partial charge in [-0.2, -0.15) is 0 Å². The van der Waals surface area contributed by atoms with Gasteiger partial charge < -0.3 is 14.8 Å². The number of amides is 1. The minimum absolute atomic E-state index is 0.0481. The van der Waals surface area contributed by atoms with Crippen LogP contribution in [0.2, 0.25) is 0 Å². The van der Waals surface area contributed by atoms with Crippen molar-refractivity contribution in [1.82, 2.24) is 10.3 Å². The number of aliphatic hydroxyl groups excluding tert-OH is 1. The third kappa shape index (κ3) is 3.80. The zero-order chi connectivity index (χ0) is 16.9.